The molecule has 2 atom stereocenters. The monoisotopic (exact) mass is 288 g/mol. The predicted octanol–water partition coefficient (Wildman–Crippen LogP) is 2.25. The normalized spacial score (nSPS) is 27.7. The van der Waals surface area contributed by atoms with Gasteiger partial charge in [-0.05, 0) is 50.7 Å². The summed E-state index contributed by atoms with van der Waals surface area (Å²) in [7, 11) is 0. The fourth-order valence-electron chi connectivity index (χ4n) is 3.86. The quantitative estimate of drug-likeness (QED) is 0.926. The maximum absolute atomic E-state index is 12.7. The van der Waals surface area contributed by atoms with Crippen molar-refractivity contribution in [2.45, 2.75) is 51.1 Å². The minimum Gasteiger partial charge on any atom is -0.481 e. The fraction of sp³-hybridized carbons (Fsp3) is 0.562. The van der Waals surface area contributed by atoms with Crippen LogP contribution in [0.1, 0.15) is 48.2 Å². The summed E-state index contributed by atoms with van der Waals surface area (Å²) in [5, 5.41) is 8.95. The summed E-state index contributed by atoms with van der Waals surface area (Å²) in [6, 6.07) is 3.99. The Morgan fingerprint density at radius 2 is 2.00 bits per heavy atom. The van der Waals surface area contributed by atoms with Crippen LogP contribution < -0.4 is 0 Å². The molecule has 0 saturated carbocycles. The van der Waals surface area contributed by atoms with Crippen LogP contribution in [0.3, 0.4) is 0 Å². The van der Waals surface area contributed by atoms with Gasteiger partial charge in [-0.1, -0.05) is 0 Å². The van der Waals surface area contributed by atoms with Crippen LogP contribution in [0.25, 0.3) is 0 Å². The van der Waals surface area contributed by atoms with E-state index in [4.69, 9.17) is 5.11 Å². The minimum absolute atomic E-state index is 0.0711. The van der Waals surface area contributed by atoms with Crippen LogP contribution >= 0.6 is 0 Å². The maximum Gasteiger partial charge on any atom is 0.303 e. The van der Waals surface area contributed by atoms with Crippen molar-refractivity contribution in [2.75, 3.05) is 0 Å². The summed E-state index contributed by atoms with van der Waals surface area (Å²) < 4.78 is 0. The summed E-state index contributed by atoms with van der Waals surface area (Å²) in [4.78, 5) is 29.7. The van der Waals surface area contributed by atoms with Crippen molar-refractivity contribution < 1.29 is 14.7 Å². The summed E-state index contributed by atoms with van der Waals surface area (Å²) in [5.74, 6) is -0.450. The van der Waals surface area contributed by atoms with Gasteiger partial charge >= 0.3 is 5.97 Å². The van der Waals surface area contributed by atoms with E-state index in [0.717, 1.165) is 31.4 Å². The number of aryl methyl sites for hydroxylation is 1. The lowest BCUT2D eigenvalue weighted by molar-refractivity contribution is -0.138. The zero-order valence-corrected chi connectivity index (χ0v) is 12.2. The van der Waals surface area contributed by atoms with E-state index in [1.54, 1.807) is 12.3 Å². The summed E-state index contributed by atoms with van der Waals surface area (Å²) in [6.45, 7) is 1.88. The first kappa shape index (κ1) is 14.0. The lowest BCUT2D eigenvalue weighted by Crippen LogP contribution is -2.46. The number of pyridine rings is 1. The number of carbonyl (C=O) groups is 2. The van der Waals surface area contributed by atoms with E-state index in [9.17, 15) is 9.59 Å². The molecule has 112 valence electrons. The van der Waals surface area contributed by atoms with Crippen LogP contribution in [0.5, 0.6) is 0 Å². The first-order chi connectivity index (χ1) is 10.0. The number of hydrogen-bond acceptors (Lipinski definition) is 3. The average Bonchev–Trinajstić information content (AvgIpc) is 2.69. The molecule has 2 fully saturated rings. The molecule has 2 saturated heterocycles. The second-order valence-corrected chi connectivity index (χ2v) is 6.22. The third-order valence-electron chi connectivity index (χ3n) is 4.67. The van der Waals surface area contributed by atoms with Gasteiger partial charge in [-0.3, -0.25) is 14.6 Å². The number of aromatic nitrogens is 1. The zero-order valence-electron chi connectivity index (χ0n) is 12.2. The Balaban J connectivity index is 1.76. The molecule has 0 spiro atoms. The molecule has 21 heavy (non-hydrogen) atoms. The minimum atomic E-state index is -0.732. The lowest BCUT2D eigenvalue weighted by Gasteiger charge is -2.38. The van der Waals surface area contributed by atoms with Crippen LogP contribution in [0.2, 0.25) is 0 Å². The average molecular weight is 288 g/mol. The number of amides is 1. The number of fused-ring (bicyclic) bond motifs is 2. The van der Waals surface area contributed by atoms with Gasteiger partial charge in [-0.2, -0.15) is 0 Å². The third kappa shape index (κ3) is 2.77. The number of carboxylic acids is 1. The molecule has 2 aliphatic heterocycles. The molecule has 2 unspecified atom stereocenters. The van der Waals surface area contributed by atoms with Crippen LogP contribution in [0, 0.1) is 12.8 Å². The second kappa shape index (κ2) is 5.47. The Kier molecular flexibility index (Phi) is 3.66. The number of hydrogen-bond donors (Lipinski definition) is 1. The van der Waals surface area contributed by atoms with Crippen LogP contribution in [0.4, 0.5) is 0 Å². The zero-order chi connectivity index (χ0) is 15.0. The lowest BCUT2D eigenvalue weighted by atomic mass is 9.88. The van der Waals surface area contributed by atoms with E-state index < -0.39 is 5.97 Å². The molecule has 2 bridgehead atoms. The number of nitrogens with zero attached hydrogens (tertiary/aromatic N) is 2. The largest absolute Gasteiger partial charge is 0.481 e. The van der Waals surface area contributed by atoms with Crippen molar-refractivity contribution in [1.82, 2.24) is 9.88 Å². The first-order valence-electron chi connectivity index (χ1n) is 7.51. The van der Waals surface area contributed by atoms with Gasteiger partial charge in [0.15, 0.2) is 0 Å². The molecule has 3 rings (SSSR count). The second-order valence-electron chi connectivity index (χ2n) is 6.22. The molecule has 5 heteroatoms. The summed E-state index contributed by atoms with van der Waals surface area (Å²) in [5.41, 5.74) is 1.53. The van der Waals surface area contributed by atoms with Crippen molar-refractivity contribution >= 4 is 11.9 Å². The Labute approximate surface area is 124 Å². The Hall–Kier alpha value is -1.91. The van der Waals surface area contributed by atoms with Gasteiger partial charge in [-0.25, -0.2) is 0 Å². The predicted molar refractivity (Wildman–Crippen MR) is 76.9 cm³/mol. The standard InChI is InChI=1S/C16H20N2O3/c1-10-6-12(4-5-17-10)16(21)18-13-2-3-14(18)8-11(7-13)9-15(19)20/h4-6,11,13-14H,2-3,7-9H2,1H3,(H,19,20). The fourth-order valence-corrected chi connectivity index (χ4v) is 3.86. The third-order valence-corrected chi connectivity index (χ3v) is 4.67. The molecule has 2 aliphatic rings. The number of carbonyl (C=O) groups excluding carboxylic acids is 1. The van der Waals surface area contributed by atoms with E-state index in [-0.39, 0.29) is 30.3 Å². The van der Waals surface area contributed by atoms with Gasteiger partial charge in [0.25, 0.3) is 5.91 Å². The van der Waals surface area contributed by atoms with E-state index in [1.165, 1.54) is 0 Å². The summed E-state index contributed by atoms with van der Waals surface area (Å²) in [6.07, 6.45) is 5.52. The van der Waals surface area contributed by atoms with Crippen LogP contribution in [-0.4, -0.2) is 39.0 Å². The van der Waals surface area contributed by atoms with E-state index in [0.29, 0.717) is 5.56 Å². The van der Waals surface area contributed by atoms with Crippen molar-refractivity contribution in [3.63, 3.8) is 0 Å². The summed E-state index contributed by atoms with van der Waals surface area (Å²) >= 11 is 0. The van der Waals surface area contributed by atoms with Gasteiger partial charge in [0.1, 0.15) is 0 Å². The highest BCUT2D eigenvalue weighted by Crippen LogP contribution is 2.40. The van der Waals surface area contributed by atoms with Gasteiger partial charge in [-0.15, -0.1) is 0 Å². The number of rotatable bonds is 3. The molecule has 0 aliphatic carbocycles. The van der Waals surface area contributed by atoms with Crippen LogP contribution in [0.15, 0.2) is 18.3 Å². The van der Waals surface area contributed by atoms with Crippen LogP contribution in [-0.2, 0) is 4.79 Å². The van der Waals surface area contributed by atoms with Gasteiger partial charge < -0.3 is 10.0 Å². The van der Waals surface area contributed by atoms with Gasteiger partial charge in [0.2, 0.25) is 0 Å². The highest BCUT2D eigenvalue weighted by Gasteiger charge is 2.43. The molecular weight excluding hydrogens is 268 g/mol. The van der Waals surface area contributed by atoms with Gasteiger partial charge in [0.05, 0.1) is 0 Å². The number of piperidine rings is 1. The SMILES string of the molecule is Cc1cc(C(=O)N2C3CCC2CC(CC(=O)O)C3)ccn1. The van der Waals surface area contributed by atoms with Crippen molar-refractivity contribution in [3.05, 3.63) is 29.6 Å². The van der Waals surface area contributed by atoms with E-state index >= 15 is 0 Å². The smallest absolute Gasteiger partial charge is 0.303 e. The van der Waals surface area contributed by atoms with Crippen molar-refractivity contribution in [3.8, 4) is 0 Å². The first-order valence-corrected chi connectivity index (χ1v) is 7.51. The molecule has 0 aromatic carbocycles. The highest BCUT2D eigenvalue weighted by atomic mass is 16.4. The van der Waals surface area contributed by atoms with Gasteiger partial charge in [0, 0.05) is 36.0 Å². The molecule has 1 aromatic rings. The molecule has 1 aromatic heterocycles. The Morgan fingerprint density at radius 3 is 2.57 bits per heavy atom. The Morgan fingerprint density at radius 1 is 1.33 bits per heavy atom. The molecule has 1 N–H and O–H groups in total. The molecule has 1 amide bonds. The van der Waals surface area contributed by atoms with E-state index in [2.05, 4.69) is 4.98 Å². The van der Waals surface area contributed by atoms with Crippen molar-refractivity contribution in [2.24, 2.45) is 5.92 Å². The molecule has 3 heterocycles. The number of aliphatic carboxylic acids is 1. The Bertz CT molecular complexity index is 558. The topological polar surface area (TPSA) is 70.5 Å². The molecular formula is C16H20N2O3. The van der Waals surface area contributed by atoms with Crippen molar-refractivity contribution in [1.29, 1.82) is 0 Å². The number of carboxylic acid groups (broad SMARTS) is 1. The molecule has 0 radical (unpaired) electrons. The van der Waals surface area contributed by atoms with E-state index in [1.807, 2.05) is 17.9 Å². The maximum atomic E-state index is 12.7. The molecule has 5 nitrogen and oxygen atoms in total. The highest BCUT2D eigenvalue weighted by molar-refractivity contribution is 5.95.